The van der Waals surface area contributed by atoms with Gasteiger partial charge in [0, 0.05) is 6.04 Å². The Balaban J connectivity index is 1.89. The van der Waals surface area contributed by atoms with Crippen LogP contribution in [0.5, 0.6) is 0 Å². The van der Waals surface area contributed by atoms with Gasteiger partial charge in [0.25, 0.3) is 0 Å². The molecule has 0 aromatic carbocycles. The summed E-state index contributed by atoms with van der Waals surface area (Å²) in [6, 6.07) is 3.64. The van der Waals surface area contributed by atoms with E-state index in [-0.39, 0.29) is 5.82 Å². The molecule has 0 unspecified atom stereocenters. The first-order valence-corrected chi connectivity index (χ1v) is 5.93. The summed E-state index contributed by atoms with van der Waals surface area (Å²) in [6.45, 7) is 4.64. The van der Waals surface area contributed by atoms with Crippen LogP contribution in [0.25, 0.3) is 0 Å². The van der Waals surface area contributed by atoms with E-state index in [1.165, 1.54) is 37.9 Å². The van der Waals surface area contributed by atoms with Crippen LogP contribution in [-0.2, 0) is 0 Å². The quantitative estimate of drug-likeness (QED) is 0.827. The molecule has 3 heteroatoms. The number of hydrogen-bond donors (Lipinski definition) is 1. The van der Waals surface area contributed by atoms with Crippen molar-refractivity contribution in [2.24, 2.45) is 5.41 Å². The lowest BCUT2D eigenvalue weighted by Crippen LogP contribution is -2.30. The maximum atomic E-state index is 12.7. The second-order valence-electron chi connectivity index (χ2n) is 5.44. The second kappa shape index (κ2) is 4.40. The van der Waals surface area contributed by atoms with Crippen LogP contribution < -0.4 is 5.32 Å². The molecule has 88 valence electrons. The molecule has 0 atom stereocenters. The summed E-state index contributed by atoms with van der Waals surface area (Å²) in [5.41, 5.74) is 0.481. The van der Waals surface area contributed by atoms with Crippen molar-refractivity contribution in [1.82, 2.24) is 4.98 Å². The summed E-state index contributed by atoms with van der Waals surface area (Å²) in [7, 11) is 0. The minimum Gasteiger partial charge on any atom is -0.367 e. The maximum Gasteiger partial charge on any atom is 0.141 e. The van der Waals surface area contributed by atoms with Crippen molar-refractivity contribution in [3.8, 4) is 0 Å². The first-order chi connectivity index (χ1) is 7.55. The zero-order valence-corrected chi connectivity index (χ0v) is 9.96. The van der Waals surface area contributed by atoms with Gasteiger partial charge in [0.15, 0.2) is 0 Å². The fourth-order valence-corrected chi connectivity index (χ4v) is 2.21. The number of nitrogens with one attached hydrogen (secondary N) is 1. The van der Waals surface area contributed by atoms with E-state index in [1.54, 1.807) is 6.07 Å². The van der Waals surface area contributed by atoms with Gasteiger partial charge >= 0.3 is 0 Å². The molecule has 16 heavy (non-hydrogen) atoms. The molecule has 1 fully saturated rings. The van der Waals surface area contributed by atoms with Crippen LogP contribution in [0.15, 0.2) is 18.3 Å². The predicted molar refractivity (Wildman–Crippen MR) is 63.9 cm³/mol. The molecule has 0 saturated heterocycles. The monoisotopic (exact) mass is 222 g/mol. The molecule has 2 nitrogen and oxygen atoms in total. The highest BCUT2D eigenvalue weighted by molar-refractivity contribution is 5.34. The first-order valence-electron chi connectivity index (χ1n) is 5.93. The number of anilines is 1. The highest BCUT2D eigenvalue weighted by atomic mass is 19.1. The van der Waals surface area contributed by atoms with Crippen LogP contribution in [-0.4, -0.2) is 11.0 Å². The standard InChI is InChI=1S/C13H19FN2/c1-13(2)7-5-11(6-8-13)16-12-4-3-10(14)9-15-12/h3-4,9,11H,5-8H2,1-2H3,(H,15,16). The van der Waals surface area contributed by atoms with Crippen molar-refractivity contribution in [3.05, 3.63) is 24.1 Å². The molecule has 1 aromatic heterocycles. The lowest BCUT2D eigenvalue weighted by molar-refractivity contribution is 0.232. The number of nitrogens with zero attached hydrogens (tertiary/aromatic N) is 1. The summed E-state index contributed by atoms with van der Waals surface area (Å²) < 4.78 is 12.7. The molecule has 1 aliphatic carbocycles. The molecule has 0 amide bonds. The molecular formula is C13H19FN2. The minimum atomic E-state index is -0.282. The molecule has 0 spiro atoms. The Morgan fingerprint density at radius 3 is 2.56 bits per heavy atom. The third kappa shape index (κ3) is 2.94. The van der Waals surface area contributed by atoms with Crippen molar-refractivity contribution in [3.63, 3.8) is 0 Å². The first kappa shape index (κ1) is 11.4. The molecule has 0 bridgehead atoms. The van der Waals surface area contributed by atoms with Crippen molar-refractivity contribution in [2.75, 3.05) is 5.32 Å². The van der Waals surface area contributed by atoms with Crippen LogP contribution in [0.4, 0.5) is 10.2 Å². The van der Waals surface area contributed by atoms with E-state index in [4.69, 9.17) is 0 Å². The van der Waals surface area contributed by atoms with Gasteiger partial charge in [0.1, 0.15) is 11.6 Å². The van der Waals surface area contributed by atoms with Crippen LogP contribution >= 0.6 is 0 Å². The van der Waals surface area contributed by atoms with Gasteiger partial charge in [-0.05, 0) is 43.2 Å². The Labute approximate surface area is 96.3 Å². The van der Waals surface area contributed by atoms with Gasteiger partial charge in [-0.1, -0.05) is 13.8 Å². The van der Waals surface area contributed by atoms with E-state index in [2.05, 4.69) is 24.1 Å². The van der Waals surface area contributed by atoms with Gasteiger partial charge in [-0.2, -0.15) is 0 Å². The molecular weight excluding hydrogens is 203 g/mol. The number of halogens is 1. The Morgan fingerprint density at radius 1 is 1.31 bits per heavy atom. The highest BCUT2D eigenvalue weighted by Crippen LogP contribution is 2.35. The van der Waals surface area contributed by atoms with Gasteiger partial charge in [-0.15, -0.1) is 0 Å². The van der Waals surface area contributed by atoms with Crippen LogP contribution in [0, 0.1) is 11.2 Å². The third-order valence-corrected chi connectivity index (χ3v) is 3.42. The van der Waals surface area contributed by atoms with Gasteiger partial charge in [0.2, 0.25) is 0 Å². The van der Waals surface area contributed by atoms with E-state index < -0.39 is 0 Å². The molecule has 0 radical (unpaired) electrons. The minimum absolute atomic E-state index is 0.282. The predicted octanol–water partition coefficient (Wildman–Crippen LogP) is 3.60. The Hall–Kier alpha value is -1.12. The van der Waals surface area contributed by atoms with E-state index in [1.807, 2.05) is 0 Å². The Bertz CT molecular complexity index is 335. The van der Waals surface area contributed by atoms with Gasteiger partial charge in [0.05, 0.1) is 6.20 Å². The second-order valence-corrected chi connectivity index (χ2v) is 5.44. The van der Waals surface area contributed by atoms with E-state index in [0.29, 0.717) is 11.5 Å². The lowest BCUT2D eigenvalue weighted by atomic mass is 9.75. The van der Waals surface area contributed by atoms with E-state index >= 15 is 0 Å². The molecule has 1 saturated carbocycles. The summed E-state index contributed by atoms with van der Waals surface area (Å²) >= 11 is 0. The van der Waals surface area contributed by atoms with Crippen LogP contribution in [0.2, 0.25) is 0 Å². The van der Waals surface area contributed by atoms with Gasteiger partial charge in [-0.3, -0.25) is 0 Å². The third-order valence-electron chi connectivity index (χ3n) is 3.42. The fourth-order valence-electron chi connectivity index (χ4n) is 2.21. The van der Waals surface area contributed by atoms with E-state index in [0.717, 1.165) is 5.82 Å². The van der Waals surface area contributed by atoms with Gasteiger partial charge < -0.3 is 5.32 Å². The zero-order valence-electron chi connectivity index (χ0n) is 9.96. The Kier molecular flexibility index (Phi) is 3.13. The molecule has 1 aromatic rings. The normalized spacial score (nSPS) is 20.7. The van der Waals surface area contributed by atoms with Crippen molar-refractivity contribution >= 4 is 5.82 Å². The number of aromatic nitrogens is 1. The molecule has 1 heterocycles. The SMILES string of the molecule is CC1(C)CCC(Nc2ccc(F)cn2)CC1. The molecule has 2 rings (SSSR count). The largest absolute Gasteiger partial charge is 0.367 e. The smallest absolute Gasteiger partial charge is 0.141 e. The number of pyridine rings is 1. The topological polar surface area (TPSA) is 24.9 Å². The van der Waals surface area contributed by atoms with Crippen molar-refractivity contribution in [1.29, 1.82) is 0 Å². The summed E-state index contributed by atoms with van der Waals surface area (Å²) in [6.07, 6.45) is 6.09. The van der Waals surface area contributed by atoms with E-state index in [9.17, 15) is 4.39 Å². The lowest BCUT2D eigenvalue weighted by Gasteiger charge is -2.34. The summed E-state index contributed by atoms with van der Waals surface area (Å²) in [4.78, 5) is 4.02. The van der Waals surface area contributed by atoms with Crippen molar-refractivity contribution < 1.29 is 4.39 Å². The van der Waals surface area contributed by atoms with Crippen molar-refractivity contribution in [2.45, 2.75) is 45.6 Å². The molecule has 0 aliphatic heterocycles. The zero-order chi connectivity index (χ0) is 11.6. The fraction of sp³-hybridized carbons (Fsp3) is 0.615. The van der Waals surface area contributed by atoms with Crippen LogP contribution in [0.3, 0.4) is 0 Å². The maximum absolute atomic E-state index is 12.7. The van der Waals surface area contributed by atoms with Gasteiger partial charge in [-0.25, -0.2) is 9.37 Å². The average molecular weight is 222 g/mol. The average Bonchev–Trinajstić information content (AvgIpc) is 2.24. The highest BCUT2D eigenvalue weighted by Gasteiger charge is 2.26. The summed E-state index contributed by atoms with van der Waals surface area (Å²) in [5.74, 6) is 0.501. The molecule has 1 N–H and O–H groups in total. The van der Waals surface area contributed by atoms with Crippen LogP contribution in [0.1, 0.15) is 39.5 Å². The molecule has 1 aliphatic rings. The number of rotatable bonds is 2. The summed E-state index contributed by atoms with van der Waals surface area (Å²) in [5, 5.41) is 3.37. The number of hydrogen-bond acceptors (Lipinski definition) is 2. The Morgan fingerprint density at radius 2 is 2.00 bits per heavy atom.